The summed E-state index contributed by atoms with van der Waals surface area (Å²) in [6.45, 7) is 0. The molecule has 0 bridgehead atoms. The smallest absolute Gasteiger partial charge is 0.278 e. The minimum atomic E-state index is -0.505. The van der Waals surface area contributed by atoms with Gasteiger partial charge in [0.25, 0.3) is 11.6 Å². The highest BCUT2D eigenvalue weighted by molar-refractivity contribution is 7.99. The van der Waals surface area contributed by atoms with Gasteiger partial charge in [-0.15, -0.1) is 10.2 Å². The van der Waals surface area contributed by atoms with Crippen LogP contribution in [0.2, 0.25) is 0 Å². The van der Waals surface area contributed by atoms with Crippen LogP contribution in [0, 0.1) is 10.1 Å². The number of carbonyl (C=O) groups is 1. The lowest BCUT2D eigenvalue weighted by Crippen LogP contribution is -2.20. The number of carbonyl (C=O) groups excluding carboxylic acids is 1. The average molecular weight is 489 g/mol. The maximum Gasteiger partial charge on any atom is 0.278 e. The third-order valence-electron chi connectivity index (χ3n) is 4.85. The standard InChI is InChI=1S/C24H20N6O4S/c1-34-20-13-11-19(12-14-20)29-23(17-7-3-2-4-8-17)27-28-24(29)35-16-22(31)26-25-15-18-9-5-6-10-21(18)30(32)33/h2-15H,16H2,1H3,(H,26,31)/b25-15+. The molecule has 0 fully saturated rings. The second-order valence-corrected chi connectivity index (χ2v) is 8.05. The number of amides is 1. The normalized spacial score (nSPS) is 10.9. The number of rotatable bonds is 9. The van der Waals surface area contributed by atoms with E-state index >= 15 is 0 Å². The number of para-hydroxylation sites is 1. The van der Waals surface area contributed by atoms with Gasteiger partial charge in [-0.2, -0.15) is 5.10 Å². The van der Waals surface area contributed by atoms with Crippen molar-refractivity contribution >= 4 is 29.6 Å². The SMILES string of the molecule is COc1ccc(-n2c(SCC(=O)N/N=C/c3ccccc3[N+](=O)[O-])nnc2-c2ccccc2)cc1. The van der Waals surface area contributed by atoms with Gasteiger partial charge >= 0.3 is 0 Å². The first-order valence-corrected chi connectivity index (χ1v) is 11.4. The molecule has 1 amide bonds. The number of benzene rings is 3. The first-order chi connectivity index (χ1) is 17.1. The Bertz CT molecular complexity index is 1360. The Hall–Kier alpha value is -4.51. The highest BCUT2D eigenvalue weighted by Gasteiger charge is 2.17. The second kappa shape index (κ2) is 11.1. The number of nitro groups is 1. The molecule has 0 atom stereocenters. The van der Waals surface area contributed by atoms with Gasteiger partial charge in [-0.3, -0.25) is 19.5 Å². The molecule has 35 heavy (non-hydrogen) atoms. The molecule has 10 nitrogen and oxygen atoms in total. The lowest BCUT2D eigenvalue weighted by Gasteiger charge is -2.11. The molecular weight excluding hydrogens is 468 g/mol. The Morgan fingerprint density at radius 2 is 1.80 bits per heavy atom. The maximum absolute atomic E-state index is 12.4. The third kappa shape index (κ3) is 5.71. The number of aromatic nitrogens is 3. The number of hydrazone groups is 1. The molecule has 4 aromatic rings. The second-order valence-electron chi connectivity index (χ2n) is 7.10. The molecule has 0 aliphatic heterocycles. The van der Waals surface area contributed by atoms with Crippen LogP contribution in [0.3, 0.4) is 0 Å². The van der Waals surface area contributed by atoms with Crippen LogP contribution in [-0.4, -0.2) is 44.7 Å². The Balaban J connectivity index is 1.50. The van der Waals surface area contributed by atoms with Gasteiger partial charge < -0.3 is 4.74 Å². The summed E-state index contributed by atoms with van der Waals surface area (Å²) in [7, 11) is 1.60. The van der Waals surface area contributed by atoms with Crippen LogP contribution >= 0.6 is 11.8 Å². The van der Waals surface area contributed by atoms with Crippen LogP contribution in [-0.2, 0) is 4.79 Å². The van der Waals surface area contributed by atoms with Crippen molar-refractivity contribution in [2.45, 2.75) is 5.16 Å². The maximum atomic E-state index is 12.4. The number of hydrogen-bond donors (Lipinski definition) is 1. The van der Waals surface area contributed by atoms with E-state index in [4.69, 9.17) is 4.74 Å². The Kier molecular flexibility index (Phi) is 7.48. The minimum absolute atomic E-state index is 0.0112. The van der Waals surface area contributed by atoms with E-state index in [2.05, 4.69) is 20.7 Å². The van der Waals surface area contributed by atoms with Crippen molar-refractivity contribution in [2.75, 3.05) is 12.9 Å². The van der Waals surface area contributed by atoms with E-state index in [-0.39, 0.29) is 17.0 Å². The quantitative estimate of drug-likeness (QED) is 0.163. The van der Waals surface area contributed by atoms with Crippen molar-refractivity contribution in [2.24, 2.45) is 5.10 Å². The lowest BCUT2D eigenvalue weighted by molar-refractivity contribution is -0.385. The van der Waals surface area contributed by atoms with Crippen molar-refractivity contribution in [3.8, 4) is 22.8 Å². The van der Waals surface area contributed by atoms with Gasteiger partial charge in [0.1, 0.15) is 5.75 Å². The van der Waals surface area contributed by atoms with E-state index in [1.165, 1.54) is 24.0 Å². The largest absolute Gasteiger partial charge is 0.497 e. The Morgan fingerprint density at radius 1 is 1.09 bits per heavy atom. The summed E-state index contributed by atoms with van der Waals surface area (Å²) in [4.78, 5) is 23.0. The number of thioether (sulfide) groups is 1. The molecule has 0 aliphatic carbocycles. The van der Waals surface area contributed by atoms with Crippen LogP contribution in [0.4, 0.5) is 5.69 Å². The Morgan fingerprint density at radius 3 is 2.51 bits per heavy atom. The number of hydrogen-bond acceptors (Lipinski definition) is 8. The molecular formula is C24H20N6O4S. The highest BCUT2D eigenvalue weighted by atomic mass is 32.2. The summed E-state index contributed by atoms with van der Waals surface area (Å²) in [5.74, 6) is 0.966. The molecule has 1 N–H and O–H groups in total. The predicted molar refractivity (Wildman–Crippen MR) is 133 cm³/mol. The van der Waals surface area contributed by atoms with Gasteiger partial charge in [0.05, 0.1) is 29.6 Å². The van der Waals surface area contributed by atoms with Crippen molar-refractivity contribution in [1.82, 2.24) is 20.2 Å². The zero-order valence-electron chi connectivity index (χ0n) is 18.6. The zero-order chi connectivity index (χ0) is 24.6. The zero-order valence-corrected chi connectivity index (χ0v) is 19.4. The minimum Gasteiger partial charge on any atom is -0.497 e. The molecule has 0 spiro atoms. The van der Waals surface area contributed by atoms with E-state index in [1.54, 1.807) is 25.3 Å². The summed E-state index contributed by atoms with van der Waals surface area (Å²) in [6.07, 6.45) is 1.24. The van der Waals surface area contributed by atoms with Crippen LogP contribution in [0.1, 0.15) is 5.56 Å². The van der Waals surface area contributed by atoms with Crippen molar-refractivity contribution in [3.63, 3.8) is 0 Å². The predicted octanol–water partition coefficient (Wildman–Crippen LogP) is 4.09. The van der Waals surface area contributed by atoms with Gasteiger partial charge in [-0.25, -0.2) is 5.43 Å². The van der Waals surface area contributed by atoms with Crippen molar-refractivity contribution in [1.29, 1.82) is 0 Å². The molecule has 1 heterocycles. The number of nitrogens with zero attached hydrogens (tertiary/aromatic N) is 5. The summed E-state index contributed by atoms with van der Waals surface area (Å²) in [5.41, 5.74) is 4.27. The first kappa shape index (κ1) is 23.6. The fraction of sp³-hybridized carbons (Fsp3) is 0.0833. The van der Waals surface area contributed by atoms with Gasteiger partial charge in [-0.05, 0) is 30.3 Å². The molecule has 0 saturated heterocycles. The van der Waals surface area contributed by atoms with E-state index in [1.807, 2.05) is 59.2 Å². The van der Waals surface area contributed by atoms with Gasteiger partial charge in [0.2, 0.25) is 0 Å². The third-order valence-corrected chi connectivity index (χ3v) is 5.78. The molecule has 0 aliphatic rings. The van der Waals surface area contributed by atoms with Crippen LogP contribution in [0.5, 0.6) is 5.75 Å². The van der Waals surface area contributed by atoms with E-state index < -0.39 is 10.8 Å². The average Bonchev–Trinajstić information content (AvgIpc) is 3.32. The summed E-state index contributed by atoms with van der Waals surface area (Å²) >= 11 is 1.19. The molecule has 1 aromatic heterocycles. The van der Waals surface area contributed by atoms with E-state index in [0.29, 0.717) is 16.7 Å². The Labute approximate surface area is 204 Å². The van der Waals surface area contributed by atoms with Crippen LogP contribution in [0.25, 0.3) is 17.1 Å². The van der Waals surface area contributed by atoms with Gasteiger partial charge in [-0.1, -0.05) is 54.2 Å². The number of ether oxygens (including phenoxy) is 1. The molecule has 0 radical (unpaired) electrons. The van der Waals surface area contributed by atoms with Gasteiger partial charge in [0.15, 0.2) is 11.0 Å². The molecule has 0 unspecified atom stereocenters. The number of nitro benzene ring substituents is 1. The first-order valence-electron chi connectivity index (χ1n) is 10.4. The van der Waals surface area contributed by atoms with Crippen LogP contribution < -0.4 is 10.2 Å². The monoisotopic (exact) mass is 488 g/mol. The topological polar surface area (TPSA) is 125 Å². The van der Waals surface area contributed by atoms with Crippen molar-refractivity contribution in [3.05, 3.63) is 94.5 Å². The molecule has 176 valence electrons. The fourth-order valence-electron chi connectivity index (χ4n) is 3.20. The van der Waals surface area contributed by atoms with E-state index in [0.717, 1.165) is 11.3 Å². The number of nitrogens with one attached hydrogen (secondary N) is 1. The summed E-state index contributed by atoms with van der Waals surface area (Å²) in [6, 6.07) is 23.2. The molecule has 11 heteroatoms. The van der Waals surface area contributed by atoms with Crippen molar-refractivity contribution < 1.29 is 14.5 Å². The lowest BCUT2D eigenvalue weighted by atomic mass is 10.2. The molecule has 0 saturated carbocycles. The molecule has 4 rings (SSSR count). The van der Waals surface area contributed by atoms with Crippen LogP contribution in [0.15, 0.2) is 89.1 Å². The van der Waals surface area contributed by atoms with Gasteiger partial charge in [0, 0.05) is 17.3 Å². The summed E-state index contributed by atoms with van der Waals surface area (Å²) in [5, 5.41) is 24.1. The molecule has 3 aromatic carbocycles. The summed E-state index contributed by atoms with van der Waals surface area (Å²) < 4.78 is 7.12. The fourth-order valence-corrected chi connectivity index (χ4v) is 3.95. The van der Waals surface area contributed by atoms with E-state index in [9.17, 15) is 14.9 Å². The number of methoxy groups -OCH3 is 1. The highest BCUT2D eigenvalue weighted by Crippen LogP contribution is 2.28.